The Hall–Kier alpha value is -0.560. The highest BCUT2D eigenvalue weighted by molar-refractivity contribution is 5.07. The maximum atomic E-state index is 10.1. The molecule has 0 radical (unpaired) electrons. The zero-order valence-electron chi connectivity index (χ0n) is 10.9. The molecule has 0 aliphatic rings. The molecular weight excluding hydrogens is 184 g/mol. The van der Waals surface area contributed by atoms with Gasteiger partial charge in [-0.2, -0.15) is 0 Å². The van der Waals surface area contributed by atoms with E-state index in [4.69, 9.17) is 0 Å². The van der Waals surface area contributed by atoms with E-state index < -0.39 is 5.60 Å². The lowest BCUT2D eigenvalue weighted by Crippen LogP contribution is -2.32. The van der Waals surface area contributed by atoms with E-state index in [0.29, 0.717) is 0 Å². The fraction of sp³-hybridized carbons (Fsp3) is 0.714. The predicted octanol–water partition coefficient (Wildman–Crippen LogP) is 4.09. The van der Waals surface area contributed by atoms with Gasteiger partial charge in [0.2, 0.25) is 0 Å². The molecule has 1 nitrogen and oxygen atoms in total. The lowest BCUT2D eigenvalue weighted by atomic mass is 9.82. The van der Waals surface area contributed by atoms with Crippen molar-refractivity contribution in [2.24, 2.45) is 5.92 Å². The van der Waals surface area contributed by atoms with E-state index in [2.05, 4.69) is 33.4 Å². The first-order valence-electron chi connectivity index (χ1n) is 5.84. The molecule has 15 heavy (non-hydrogen) atoms. The van der Waals surface area contributed by atoms with Crippen LogP contribution >= 0.6 is 0 Å². The summed E-state index contributed by atoms with van der Waals surface area (Å²) >= 11 is 0. The number of allylic oxidation sites excluding steroid dienone is 2. The normalized spacial score (nSPS) is 16.7. The standard InChI is InChI=1S/C14H26O/c1-7-14(6,15)13(5)12(4)10-8-9-11(2)3/h9,13,15H,4,7-8,10H2,1-3,5-6H3. The molecular formula is C14H26O. The first-order chi connectivity index (χ1) is 6.81. The van der Waals surface area contributed by atoms with Crippen LogP contribution in [0.4, 0.5) is 0 Å². The molecule has 1 heteroatoms. The summed E-state index contributed by atoms with van der Waals surface area (Å²) in [6.45, 7) is 14.3. The molecule has 0 saturated heterocycles. The monoisotopic (exact) mass is 210 g/mol. The molecule has 1 N–H and O–H groups in total. The van der Waals surface area contributed by atoms with Crippen LogP contribution in [0.5, 0.6) is 0 Å². The van der Waals surface area contributed by atoms with Gasteiger partial charge in [-0.3, -0.25) is 0 Å². The van der Waals surface area contributed by atoms with E-state index in [1.165, 1.54) is 5.57 Å². The zero-order valence-corrected chi connectivity index (χ0v) is 10.9. The van der Waals surface area contributed by atoms with Crippen molar-refractivity contribution in [1.82, 2.24) is 0 Å². The van der Waals surface area contributed by atoms with Crippen LogP contribution in [0, 0.1) is 5.92 Å². The Labute approximate surface area is 94.9 Å². The molecule has 0 fully saturated rings. The van der Waals surface area contributed by atoms with E-state index in [-0.39, 0.29) is 5.92 Å². The van der Waals surface area contributed by atoms with Gasteiger partial charge in [-0.25, -0.2) is 0 Å². The van der Waals surface area contributed by atoms with Crippen molar-refractivity contribution < 1.29 is 5.11 Å². The van der Waals surface area contributed by atoms with Crippen molar-refractivity contribution in [3.8, 4) is 0 Å². The van der Waals surface area contributed by atoms with Crippen LogP contribution in [0.1, 0.15) is 53.9 Å². The lowest BCUT2D eigenvalue weighted by Gasteiger charge is -2.30. The number of hydrogen-bond donors (Lipinski definition) is 1. The summed E-state index contributed by atoms with van der Waals surface area (Å²) in [4.78, 5) is 0. The van der Waals surface area contributed by atoms with Gasteiger partial charge in [-0.05, 0) is 40.0 Å². The lowest BCUT2D eigenvalue weighted by molar-refractivity contribution is 0.0157. The molecule has 2 unspecified atom stereocenters. The Morgan fingerprint density at radius 3 is 2.40 bits per heavy atom. The number of aliphatic hydroxyl groups is 1. The molecule has 0 spiro atoms. The van der Waals surface area contributed by atoms with Gasteiger partial charge in [0, 0.05) is 5.92 Å². The molecule has 0 aromatic rings. The Morgan fingerprint density at radius 2 is 2.00 bits per heavy atom. The highest BCUT2D eigenvalue weighted by atomic mass is 16.3. The van der Waals surface area contributed by atoms with Crippen LogP contribution in [0.15, 0.2) is 23.8 Å². The molecule has 0 amide bonds. The number of rotatable bonds is 6. The molecule has 0 heterocycles. The van der Waals surface area contributed by atoms with Gasteiger partial charge in [-0.15, -0.1) is 0 Å². The third kappa shape index (κ3) is 5.17. The van der Waals surface area contributed by atoms with Gasteiger partial charge in [0.05, 0.1) is 5.60 Å². The summed E-state index contributed by atoms with van der Waals surface area (Å²) in [5.74, 6) is 0.174. The van der Waals surface area contributed by atoms with E-state index in [0.717, 1.165) is 24.8 Å². The molecule has 2 atom stereocenters. The first kappa shape index (κ1) is 14.4. The summed E-state index contributed by atoms with van der Waals surface area (Å²) in [6, 6.07) is 0. The van der Waals surface area contributed by atoms with Crippen molar-refractivity contribution in [3.63, 3.8) is 0 Å². The van der Waals surface area contributed by atoms with Crippen LogP contribution in [0.25, 0.3) is 0 Å². The average Bonchev–Trinajstić information content (AvgIpc) is 2.15. The molecule has 0 aromatic carbocycles. The van der Waals surface area contributed by atoms with Crippen molar-refractivity contribution in [2.75, 3.05) is 0 Å². The summed E-state index contributed by atoms with van der Waals surface area (Å²) in [6.07, 6.45) is 5.00. The highest BCUT2D eigenvalue weighted by Gasteiger charge is 2.27. The Morgan fingerprint density at radius 1 is 1.47 bits per heavy atom. The van der Waals surface area contributed by atoms with Crippen molar-refractivity contribution >= 4 is 0 Å². The van der Waals surface area contributed by atoms with Crippen LogP contribution in [0.2, 0.25) is 0 Å². The van der Waals surface area contributed by atoms with E-state index in [1.54, 1.807) is 0 Å². The van der Waals surface area contributed by atoms with Gasteiger partial charge in [0.1, 0.15) is 0 Å². The van der Waals surface area contributed by atoms with E-state index in [9.17, 15) is 5.11 Å². The Kier molecular flexibility index (Phi) is 5.89. The molecule has 0 rings (SSSR count). The van der Waals surface area contributed by atoms with Crippen molar-refractivity contribution in [1.29, 1.82) is 0 Å². The summed E-state index contributed by atoms with van der Waals surface area (Å²) in [7, 11) is 0. The van der Waals surface area contributed by atoms with Crippen molar-refractivity contribution in [3.05, 3.63) is 23.8 Å². The Balaban J connectivity index is 4.17. The van der Waals surface area contributed by atoms with Crippen LogP contribution in [0.3, 0.4) is 0 Å². The van der Waals surface area contributed by atoms with Crippen LogP contribution < -0.4 is 0 Å². The highest BCUT2D eigenvalue weighted by Crippen LogP contribution is 2.28. The Bertz CT molecular complexity index is 232. The van der Waals surface area contributed by atoms with Gasteiger partial charge < -0.3 is 5.11 Å². The zero-order chi connectivity index (χ0) is 12.1. The van der Waals surface area contributed by atoms with Crippen LogP contribution in [-0.4, -0.2) is 10.7 Å². The van der Waals surface area contributed by atoms with Gasteiger partial charge in [0.25, 0.3) is 0 Å². The van der Waals surface area contributed by atoms with Crippen LogP contribution in [-0.2, 0) is 0 Å². The minimum absolute atomic E-state index is 0.174. The minimum Gasteiger partial charge on any atom is -0.390 e. The van der Waals surface area contributed by atoms with E-state index in [1.807, 2.05) is 13.8 Å². The van der Waals surface area contributed by atoms with Crippen molar-refractivity contribution in [2.45, 2.75) is 59.5 Å². The fourth-order valence-corrected chi connectivity index (χ4v) is 1.51. The number of hydrogen-bond acceptors (Lipinski definition) is 1. The average molecular weight is 210 g/mol. The largest absolute Gasteiger partial charge is 0.390 e. The smallest absolute Gasteiger partial charge is 0.0679 e. The maximum absolute atomic E-state index is 10.1. The summed E-state index contributed by atoms with van der Waals surface area (Å²) in [5.41, 5.74) is 1.89. The molecule has 0 aliphatic carbocycles. The maximum Gasteiger partial charge on any atom is 0.0679 e. The summed E-state index contributed by atoms with van der Waals surface area (Å²) < 4.78 is 0. The second kappa shape index (κ2) is 6.12. The predicted molar refractivity (Wildman–Crippen MR) is 67.9 cm³/mol. The SMILES string of the molecule is C=C(CCC=C(C)C)C(C)C(C)(O)CC. The topological polar surface area (TPSA) is 20.2 Å². The fourth-order valence-electron chi connectivity index (χ4n) is 1.51. The second-order valence-corrected chi connectivity index (χ2v) is 4.91. The quantitative estimate of drug-likeness (QED) is 0.655. The first-order valence-corrected chi connectivity index (χ1v) is 5.84. The minimum atomic E-state index is -0.609. The molecule has 0 aromatic heterocycles. The molecule has 88 valence electrons. The third-order valence-electron chi connectivity index (χ3n) is 3.28. The molecule has 0 saturated carbocycles. The summed E-state index contributed by atoms with van der Waals surface area (Å²) in [5, 5.41) is 10.1. The van der Waals surface area contributed by atoms with Gasteiger partial charge in [-0.1, -0.05) is 37.6 Å². The van der Waals surface area contributed by atoms with E-state index >= 15 is 0 Å². The van der Waals surface area contributed by atoms with Gasteiger partial charge in [0.15, 0.2) is 0 Å². The second-order valence-electron chi connectivity index (χ2n) is 4.91. The molecule has 0 aliphatic heterocycles. The molecule has 0 bridgehead atoms. The van der Waals surface area contributed by atoms with Gasteiger partial charge >= 0.3 is 0 Å². The third-order valence-corrected chi connectivity index (χ3v) is 3.28.